The number of hydrogen-bond donors (Lipinski definition) is 2. The molecule has 2 bridgehead atoms. The maximum absolute atomic E-state index is 13.1. The molecule has 3 rings (SSSR count). The smallest absolute Gasteiger partial charge is 0.338 e. The third-order valence-electron chi connectivity index (χ3n) is 7.96. The lowest BCUT2D eigenvalue weighted by Crippen LogP contribution is -2.42. The van der Waals surface area contributed by atoms with Crippen molar-refractivity contribution in [1.29, 1.82) is 0 Å². The van der Waals surface area contributed by atoms with Gasteiger partial charge in [-0.15, -0.1) is 0 Å². The summed E-state index contributed by atoms with van der Waals surface area (Å²) in [5, 5.41) is 22.0. The van der Waals surface area contributed by atoms with E-state index in [2.05, 4.69) is 61.6 Å². The fourth-order valence-corrected chi connectivity index (χ4v) is 6.73. The van der Waals surface area contributed by atoms with Crippen LogP contribution in [-0.2, 0) is 11.2 Å². The number of alkyl halides is 3. The van der Waals surface area contributed by atoms with E-state index in [1.54, 1.807) is 18.2 Å². The largest absolute Gasteiger partial charge is 0.508 e. The minimum atomic E-state index is -0.905. The van der Waals surface area contributed by atoms with E-state index in [1.807, 2.05) is 20.8 Å². The summed E-state index contributed by atoms with van der Waals surface area (Å²) in [5.41, 5.74) is 2.00. The summed E-state index contributed by atoms with van der Waals surface area (Å²) in [6.45, 7) is 10.1. The van der Waals surface area contributed by atoms with Crippen LogP contribution >= 0.6 is 47.8 Å². The van der Waals surface area contributed by atoms with Gasteiger partial charge in [0.15, 0.2) is 0 Å². The van der Waals surface area contributed by atoms with E-state index in [4.69, 9.17) is 4.74 Å². The van der Waals surface area contributed by atoms with E-state index >= 15 is 0 Å². The third kappa shape index (κ3) is 5.95. The first-order valence-corrected chi connectivity index (χ1v) is 14.8. The average Bonchev–Trinajstić information content (AvgIpc) is 2.76. The van der Waals surface area contributed by atoms with Gasteiger partial charge in [0.1, 0.15) is 11.4 Å². The Bertz CT molecular complexity index is 955. The highest BCUT2D eigenvalue weighted by molar-refractivity contribution is 9.10. The Balaban J connectivity index is 2.08. The number of benzene rings is 1. The highest BCUT2D eigenvalue weighted by Gasteiger charge is 2.42. The number of carbonyl (C=O) groups is 1. The van der Waals surface area contributed by atoms with Crippen molar-refractivity contribution in [3.05, 3.63) is 40.5 Å². The van der Waals surface area contributed by atoms with E-state index in [9.17, 15) is 15.0 Å². The van der Waals surface area contributed by atoms with Crippen molar-refractivity contribution in [3.8, 4) is 5.75 Å². The molecule has 5 atom stereocenters. The molecule has 0 spiro atoms. The molecule has 1 aromatic rings. The first kappa shape index (κ1) is 28.2. The van der Waals surface area contributed by atoms with Gasteiger partial charge in [-0.1, -0.05) is 65.9 Å². The van der Waals surface area contributed by atoms with Gasteiger partial charge in [0, 0.05) is 15.1 Å². The molecule has 0 aromatic heterocycles. The second-order valence-electron chi connectivity index (χ2n) is 11.1. The Morgan fingerprint density at radius 1 is 0.971 bits per heavy atom. The van der Waals surface area contributed by atoms with E-state index in [0.717, 1.165) is 31.2 Å². The second-order valence-corrected chi connectivity index (χ2v) is 14.4. The zero-order valence-corrected chi connectivity index (χ0v) is 25.5. The van der Waals surface area contributed by atoms with Gasteiger partial charge < -0.3 is 14.9 Å². The van der Waals surface area contributed by atoms with Crippen LogP contribution in [0.15, 0.2) is 29.3 Å². The van der Waals surface area contributed by atoms with Crippen LogP contribution in [0, 0.1) is 5.41 Å². The van der Waals surface area contributed by atoms with Gasteiger partial charge in [-0.2, -0.15) is 0 Å². The summed E-state index contributed by atoms with van der Waals surface area (Å²) in [4.78, 5) is 13.2. The molecule has 1 aromatic carbocycles. The molecule has 0 amide bonds. The number of hydrogen-bond acceptors (Lipinski definition) is 4. The van der Waals surface area contributed by atoms with Gasteiger partial charge in [0.25, 0.3) is 0 Å². The van der Waals surface area contributed by atoms with Crippen molar-refractivity contribution in [2.45, 2.75) is 105 Å². The number of carbonyl (C=O) groups excluding carboxylic acids is 1. The Morgan fingerprint density at radius 2 is 1.62 bits per heavy atom. The van der Waals surface area contributed by atoms with Crippen LogP contribution in [0.2, 0.25) is 0 Å². The first-order valence-electron chi connectivity index (χ1n) is 12.1. The number of fused-ring (bicyclic) bond motifs is 3. The second kappa shape index (κ2) is 10.5. The van der Waals surface area contributed by atoms with Gasteiger partial charge in [-0.25, -0.2) is 4.79 Å². The normalized spacial score (nSPS) is 35.4. The summed E-state index contributed by atoms with van der Waals surface area (Å²) < 4.78 is 5.91. The fraction of sp³-hybridized carbons (Fsp3) is 0.667. The molecule has 7 heteroatoms. The predicted molar refractivity (Wildman–Crippen MR) is 149 cm³/mol. The van der Waals surface area contributed by atoms with E-state index < -0.39 is 17.2 Å². The minimum Gasteiger partial charge on any atom is -0.508 e. The first-order chi connectivity index (χ1) is 15.7. The predicted octanol–water partition coefficient (Wildman–Crippen LogP) is 7.60. The Kier molecular flexibility index (Phi) is 8.75. The highest BCUT2D eigenvalue weighted by Crippen LogP contribution is 2.50. The number of esters is 1. The SMILES string of the molecule is CC1=C2Cc3cc(ccc3O)C(=O)OC(C)(C)[C@H](Br)CCC(C)(O)[C@H](Br)CC[C@]2(C)[C@@H](Br)CC1. The standard InChI is InChI=1S/C27H37Br3O4/c1-16-6-9-22(29)26(4)12-10-23(30)27(5,33)13-11-21(28)25(2,3)34-24(32)17-7-8-20(31)18(14-17)15-19(16)26/h7-8,14,21-23,31,33H,6,9-13,15H2,1-5H3/t21-,22+,23-,26+,27?/m1/s1. The van der Waals surface area contributed by atoms with Crippen molar-refractivity contribution in [1.82, 2.24) is 0 Å². The summed E-state index contributed by atoms with van der Waals surface area (Å²) in [6.07, 6.45) is 5.56. The number of phenolic OH excluding ortho intramolecular Hbond substituents is 1. The van der Waals surface area contributed by atoms with Gasteiger partial charge in [0.2, 0.25) is 0 Å². The zero-order chi connectivity index (χ0) is 25.5. The summed E-state index contributed by atoms with van der Waals surface area (Å²) >= 11 is 11.5. The van der Waals surface area contributed by atoms with Gasteiger partial charge >= 0.3 is 5.97 Å². The van der Waals surface area contributed by atoms with E-state index in [-0.39, 0.29) is 20.8 Å². The number of cyclic esters (lactones) is 1. The van der Waals surface area contributed by atoms with Crippen molar-refractivity contribution >= 4 is 53.8 Å². The lowest BCUT2D eigenvalue weighted by molar-refractivity contribution is -0.00674. The lowest BCUT2D eigenvalue weighted by atomic mass is 9.66. The minimum absolute atomic E-state index is 0.0741. The number of allylic oxidation sites excluding steroid dienone is 2. The molecular formula is C27H37Br3O4. The van der Waals surface area contributed by atoms with Crippen LogP contribution < -0.4 is 0 Å². The van der Waals surface area contributed by atoms with Crippen LogP contribution in [0.25, 0.3) is 0 Å². The van der Waals surface area contributed by atoms with Crippen LogP contribution in [-0.4, -0.2) is 41.9 Å². The molecule has 1 aliphatic carbocycles. The van der Waals surface area contributed by atoms with Crippen LogP contribution in [0.5, 0.6) is 5.75 Å². The molecule has 4 nitrogen and oxygen atoms in total. The molecule has 0 saturated heterocycles. The number of phenols is 1. The summed E-state index contributed by atoms with van der Waals surface area (Å²) in [5.74, 6) is -0.223. The quantitative estimate of drug-likeness (QED) is 0.170. The van der Waals surface area contributed by atoms with Crippen molar-refractivity contribution in [3.63, 3.8) is 0 Å². The Hall–Kier alpha value is -0.370. The molecular weight excluding hydrogens is 628 g/mol. The van der Waals surface area contributed by atoms with Crippen LogP contribution in [0.4, 0.5) is 0 Å². The van der Waals surface area contributed by atoms with E-state index in [0.29, 0.717) is 29.7 Å². The van der Waals surface area contributed by atoms with Crippen LogP contribution in [0.1, 0.15) is 89.1 Å². The monoisotopic (exact) mass is 662 g/mol. The molecule has 0 saturated carbocycles. The number of ether oxygens (including phenoxy) is 1. The Labute approximate surface area is 229 Å². The molecule has 2 N–H and O–H groups in total. The molecule has 0 radical (unpaired) electrons. The van der Waals surface area contributed by atoms with Gasteiger partial charge in [-0.05, 0) is 96.4 Å². The molecule has 2 aliphatic rings. The van der Waals surface area contributed by atoms with Crippen molar-refractivity contribution in [2.24, 2.45) is 5.41 Å². The van der Waals surface area contributed by atoms with E-state index in [1.165, 1.54) is 11.1 Å². The number of halogens is 3. The fourth-order valence-electron chi connectivity index (χ4n) is 5.22. The topological polar surface area (TPSA) is 66.8 Å². The van der Waals surface area contributed by atoms with Crippen LogP contribution in [0.3, 0.4) is 0 Å². The van der Waals surface area contributed by atoms with Gasteiger partial charge in [0.05, 0.1) is 16.0 Å². The Morgan fingerprint density at radius 3 is 2.29 bits per heavy atom. The highest BCUT2D eigenvalue weighted by atomic mass is 79.9. The molecule has 1 aliphatic heterocycles. The van der Waals surface area contributed by atoms with Crippen molar-refractivity contribution in [2.75, 3.05) is 0 Å². The third-order valence-corrected chi connectivity index (χ3v) is 12.4. The molecule has 1 heterocycles. The molecule has 34 heavy (non-hydrogen) atoms. The lowest BCUT2D eigenvalue weighted by Gasteiger charge is -2.44. The molecule has 1 unspecified atom stereocenters. The summed E-state index contributed by atoms with van der Waals surface area (Å²) in [6, 6.07) is 5.00. The average molecular weight is 665 g/mol. The maximum atomic E-state index is 13.1. The summed E-state index contributed by atoms with van der Waals surface area (Å²) in [7, 11) is 0. The number of aromatic hydroxyl groups is 1. The number of rotatable bonds is 0. The number of aliphatic hydroxyl groups is 1. The maximum Gasteiger partial charge on any atom is 0.338 e. The molecule has 190 valence electrons. The zero-order valence-electron chi connectivity index (χ0n) is 20.8. The van der Waals surface area contributed by atoms with Crippen molar-refractivity contribution < 1.29 is 19.7 Å². The van der Waals surface area contributed by atoms with Gasteiger partial charge in [-0.3, -0.25) is 0 Å². The molecule has 0 fully saturated rings.